The van der Waals surface area contributed by atoms with Crippen LogP contribution in [0.5, 0.6) is 11.5 Å². The van der Waals surface area contributed by atoms with Gasteiger partial charge in [-0.15, -0.1) is 12.4 Å². The number of methoxy groups -OCH3 is 2. The number of nitrogens with one attached hydrogen (secondary N) is 1. The van der Waals surface area contributed by atoms with Gasteiger partial charge in [-0.25, -0.2) is 0 Å². The van der Waals surface area contributed by atoms with Gasteiger partial charge in [0.05, 0.1) is 14.2 Å². The summed E-state index contributed by atoms with van der Waals surface area (Å²) in [6.45, 7) is 0.452. The number of nitrogens with two attached hydrogens (primary N) is 1. The fraction of sp³-hybridized carbons (Fsp3) is 0.562. The minimum absolute atomic E-state index is 0. The van der Waals surface area contributed by atoms with Gasteiger partial charge in [-0.1, -0.05) is 6.42 Å². The monoisotopic (exact) mass is 328 g/mol. The zero-order chi connectivity index (χ0) is 15.2. The number of hydrogen-bond donors (Lipinski definition) is 2. The quantitative estimate of drug-likeness (QED) is 0.840. The summed E-state index contributed by atoms with van der Waals surface area (Å²) in [7, 11) is 3.22. The second-order valence-electron chi connectivity index (χ2n) is 5.51. The Morgan fingerprint density at radius 1 is 1.32 bits per heavy atom. The molecule has 2 atom stereocenters. The molecule has 1 aromatic carbocycles. The van der Waals surface area contributed by atoms with Gasteiger partial charge < -0.3 is 20.5 Å². The van der Waals surface area contributed by atoms with Gasteiger partial charge in [-0.3, -0.25) is 4.79 Å². The lowest BCUT2D eigenvalue weighted by molar-refractivity contribution is -0.122. The highest BCUT2D eigenvalue weighted by molar-refractivity contribution is 5.85. The van der Waals surface area contributed by atoms with Crippen molar-refractivity contribution < 1.29 is 14.3 Å². The molecule has 0 spiro atoms. The van der Waals surface area contributed by atoms with Crippen molar-refractivity contribution in [1.29, 1.82) is 0 Å². The highest BCUT2D eigenvalue weighted by atomic mass is 35.5. The van der Waals surface area contributed by atoms with Gasteiger partial charge in [0.25, 0.3) is 0 Å². The van der Waals surface area contributed by atoms with E-state index in [-0.39, 0.29) is 24.4 Å². The first-order valence-corrected chi connectivity index (χ1v) is 7.37. The molecule has 1 fully saturated rings. The van der Waals surface area contributed by atoms with Crippen LogP contribution in [0.4, 0.5) is 0 Å². The number of rotatable bonds is 6. The van der Waals surface area contributed by atoms with Crippen LogP contribution in [-0.2, 0) is 11.3 Å². The molecule has 6 heteroatoms. The average Bonchev–Trinajstić information content (AvgIpc) is 2.90. The summed E-state index contributed by atoms with van der Waals surface area (Å²) in [4.78, 5) is 12.0. The largest absolute Gasteiger partial charge is 0.497 e. The van der Waals surface area contributed by atoms with Crippen molar-refractivity contribution in [1.82, 2.24) is 5.32 Å². The molecule has 1 aliphatic rings. The fourth-order valence-electron chi connectivity index (χ4n) is 2.82. The van der Waals surface area contributed by atoms with Gasteiger partial charge in [0, 0.05) is 30.6 Å². The molecule has 124 valence electrons. The van der Waals surface area contributed by atoms with Gasteiger partial charge in [0.15, 0.2) is 0 Å². The number of hydrogen-bond acceptors (Lipinski definition) is 4. The molecule has 22 heavy (non-hydrogen) atoms. The maximum atomic E-state index is 12.0. The van der Waals surface area contributed by atoms with Gasteiger partial charge in [0.1, 0.15) is 11.5 Å². The van der Waals surface area contributed by atoms with Crippen LogP contribution in [0.2, 0.25) is 0 Å². The van der Waals surface area contributed by atoms with E-state index in [1.165, 1.54) is 0 Å². The summed E-state index contributed by atoms with van der Waals surface area (Å²) in [5, 5.41) is 2.94. The van der Waals surface area contributed by atoms with Gasteiger partial charge >= 0.3 is 0 Å². The van der Waals surface area contributed by atoms with Gasteiger partial charge in [-0.2, -0.15) is 0 Å². The third kappa shape index (κ3) is 4.78. The number of benzene rings is 1. The zero-order valence-electron chi connectivity index (χ0n) is 13.1. The Morgan fingerprint density at radius 3 is 2.68 bits per heavy atom. The van der Waals surface area contributed by atoms with E-state index in [1.54, 1.807) is 14.2 Å². The standard InChI is InChI=1S/C16H24N2O3.ClH/c1-20-13-7-6-12(15(9-13)21-2)10-18-16(19)8-11-4-3-5-14(11)17;/h6-7,9,11,14H,3-5,8,10,17H2,1-2H3,(H,18,19);1H/t11-,14+;/m0./s1. The molecule has 0 radical (unpaired) electrons. The van der Waals surface area contributed by atoms with Crippen molar-refractivity contribution in [2.75, 3.05) is 14.2 Å². The lowest BCUT2D eigenvalue weighted by atomic mass is 10.00. The van der Waals surface area contributed by atoms with Crippen LogP contribution in [0, 0.1) is 5.92 Å². The molecule has 2 rings (SSSR count). The second kappa shape index (κ2) is 8.86. The van der Waals surface area contributed by atoms with Crippen molar-refractivity contribution in [3.05, 3.63) is 23.8 Å². The Hall–Kier alpha value is -1.46. The highest BCUT2D eigenvalue weighted by Gasteiger charge is 2.25. The smallest absolute Gasteiger partial charge is 0.220 e. The average molecular weight is 329 g/mol. The molecule has 1 saturated carbocycles. The molecule has 0 saturated heterocycles. The SMILES string of the molecule is COc1ccc(CNC(=O)C[C@@H]2CCC[C@H]2N)c(OC)c1.Cl. The van der Waals surface area contributed by atoms with E-state index in [0.717, 1.165) is 30.6 Å². The predicted molar refractivity (Wildman–Crippen MR) is 88.6 cm³/mol. The molecule has 0 heterocycles. The maximum Gasteiger partial charge on any atom is 0.220 e. The van der Waals surface area contributed by atoms with Crippen LogP contribution in [0.15, 0.2) is 18.2 Å². The zero-order valence-corrected chi connectivity index (χ0v) is 13.9. The molecular formula is C16H25ClN2O3. The second-order valence-corrected chi connectivity index (χ2v) is 5.51. The van der Waals surface area contributed by atoms with E-state index in [2.05, 4.69) is 5.32 Å². The van der Waals surface area contributed by atoms with Gasteiger partial charge in [0.2, 0.25) is 5.91 Å². The molecule has 3 N–H and O–H groups in total. The minimum Gasteiger partial charge on any atom is -0.497 e. The first-order valence-electron chi connectivity index (χ1n) is 7.37. The number of carbonyl (C=O) groups excluding carboxylic acids is 1. The number of halogens is 1. The summed E-state index contributed by atoms with van der Waals surface area (Å²) in [5.41, 5.74) is 6.93. The topological polar surface area (TPSA) is 73.6 Å². The predicted octanol–water partition coefficient (Wildman–Crippen LogP) is 2.26. The van der Waals surface area contributed by atoms with Crippen LogP contribution in [0.1, 0.15) is 31.2 Å². The molecule has 0 bridgehead atoms. The van der Waals surface area contributed by atoms with E-state index in [1.807, 2.05) is 18.2 Å². The maximum absolute atomic E-state index is 12.0. The molecule has 1 aliphatic carbocycles. The van der Waals surface area contributed by atoms with E-state index < -0.39 is 0 Å². The van der Waals surface area contributed by atoms with Crippen LogP contribution < -0.4 is 20.5 Å². The van der Waals surface area contributed by atoms with Crippen molar-refractivity contribution in [3.8, 4) is 11.5 Å². The van der Waals surface area contributed by atoms with E-state index in [4.69, 9.17) is 15.2 Å². The van der Waals surface area contributed by atoms with Crippen molar-refractivity contribution in [2.24, 2.45) is 11.7 Å². The first-order chi connectivity index (χ1) is 10.1. The van der Waals surface area contributed by atoms with Crippen molar-refractivity contribution in [3.63, 3.8) is 0 Å². The van der Waals surface area contributed by atoms with Crippen LogP contribution in [-0.4, -0.2) is 26.2 Å². The summed E-state index contributed by atoms with van der Waals surface area (Å²) >= 11 is 0. The summed E-state index contributed by atoms with van der Waals surface area (Å²) in [6.07, 6.45) is 3.73. The summed E-state index contributed by atoms with van der Waals surface area (Å²) < 4.78 is 10.5. The summed E-state index contributed by atoms with van der Waals surface area (Å²) in [5.74, 6) is 1.82. The van der Waals surface area contributed by atoms with Crippen LogP contribution in [0.3, 0.4) is 0 Å². The minimum atomic E-state index is 0. The Balaban J connectivity index is 0.00000242. The van der Waals surface area contributed by atoms with Crippen molar-refractivity contribution >= 4 is 18.3 Å². The molecule has 0 unspecified atom stereocenters. The van der Waals surface area contributed by atoms with Crippen molar-refractivity contribution in [2.45, 2.75) is 38.3 Å². The molecule has 1 amide bonds. The van der Waals surface area contributed by atoms with E-state index in [0.29, 0.717) is 24.6 Å². The number of ether oxygens (including phenoxy) is 2. The molecule has 1 aromatic rings. The summed E-state index contributed by atoms with van der Waals surface area (Å²) in [6, 6.07) is 5.75. The highest BCUT2D eigenvalue weighted by Crippen LogP contribution is 2.27. The lowest BCUT2D eigenvalue weighted by Crippen LogP contribution is -2.31. The fourth-order valence-corrected chi connectivity index (χ4v) is 2.82. The van der Waals surface area contributed by atoms with Crippen LogP contribution in [0.25, 0.3) is 0 Å². The third-order valence-corrected chi connectivity index (χ3v) is 4.14. The van der Waals surface area contributed by atoms with E-state index in [9.17, 15) is 4.79 Å². The Morgan fingerprint density at radius 2 is 2.09 bits per heavy atom. The van der Waals surface area contributed by atoms with Gasteiger partial charge in [-0.05, 0) is 30.9 Å². The Labute approximate surface area is 138 Å². The molecule has 5 nitrogen and oxygen atoms in total. The Kier molecular flexibility index (Phi) is 7.48. The van der Waals surface area contributed by atoms with Crippen LogP contribution >= 0.6 is 12.4 Å². The first kappa shape index (κ1) is 18.6. The third-order valence-electron chi connectivity index (χ3n) is 4.14. The molecular weight excluding hydrogens is 304 g/mol. The number of amides is 1. The molecule has 0 aromatic heterocycles. The normalized spacial score (nSPS) is 20.1. The lowest BCUT2D eigenvalue weighted by Gasteiger charge is -2.15. The Bertz CT molecular complexity index is 496. The van der Waals surface area contributed by atoms with E-state index >= 15 is 0 Å². The number of carbonyl (C=O) groups is 1. The molecule has 0 aliphatic heterocycles.